The van der Waals surface area contributed by atoms with Gasteiger partial charge in [-0.25, -0.2) is 0 Å². The maximum absolute atomic E-state index is 12.2. The molecular formula is C15H26N2O2. The molecular weight excluding hydrogens is 240 g/mol. The molecule has 19 heavy (non-hydrogen) atoms. The van der Waals surface area contributed by atoms with Gasteiger partial charge in [-0.2, -0.15) is 0 Å². The Kier molecular flexibility index (Phi) is 4.00. The van der Waals surface area contributed by atoms with Crippen LogP contribution in [0.3, 0.4) is 0 Å². The average Bonchev–Trinajstić information content (AvgIpc) is 2.86. The van der Waals surface area contributed by atoms with Gasteiger partial charge in [-0.1, -0.05) is 13.3 Å². The SMILES string of the molecule is CC(CNC(C)(C)C)CN1C(=O)C2CCCC2C1=O. The van der Waals surface area contributed by atoms with Gasteiger partial charge in [0.25, 0.3) is 0 Å². The van der Waals surface area contributed by atoms with Crippen LogP contribution in [0, 0.1) is 17.8 Å². The zero-order valence-corrected chi connectivity index (χ0v) is 12.5. The molecule has 1 heterocycles. The number of rotatable bonds is 4. The monoisotopic (exact) mass is 266 g/mol. The first-order chi connectivity index (χ1) is 8.79. The zero-order valence-electron chi connectivity index (χ0n) is 12.5. The number of hydrogen-bond donors (Lipinski definition) is 1. The third kappa shape index (κ3) is 3.16. The molecule has 0 aromatic heterocycles. The van der Waals surface area contributed by atoms with E-state index in [0.29, 0.717) is 12.5 Å². The van der Waals surface area contributed by atoms with Crippen molar-refractivity contribution in [3.63, 3.8) is 0 Å². The molecule has 108 valence electrons. The molecule has 0 aromatic rings. The van der Waals surface area contributed by atoms with Gasteiger partial charge in [-0.05, 0) is 46.1 Å². The van der Waals surface area contributed by atoms with Crippen LogP contribution >= 0.6 is 0 Å². The van der Waals surface area contributed by atoms with Gasteiger partial charge < -0.3 is 5.32 Å². The maximum Gasteiger partial charge on any atom is 0.233 e. The number of nitrogens with one attached hydrogen (secondary N) is 1. The molecule has 2 aliphatic rings. The molecule has 4 heteroatoms. The molecule has 3 atom stereocenters. The van der Waals surface area contributed by atoms with Gasteiger partial charge in [-0.15, -0.1) is 0 Å². The average molecular weight is 266 g/mol. The van der Waals surface area contributed by atoms with Crippen molar-refractivity contribution in [1.29, 1.82) is 0 Å². The molecule has 0 bridgehead atoms. The number of carbonyl (C=O) groups excluding carboxylic acids is 2. The lowest BCUT2D eigenvalue weighted by Crippen LogP contribution is -2.43. The summed E-state index contributed by atoms with van der Waals surface area (Å²) in [6, 6.07) is 0. The summed E-state index contributed by atoms with van der Waals surface area (Å²) in [6.07, 6.45) is 2.84. The number of likely N-dealkylation sites (tertiary alicyclic amines) is 1. The van der Waals surface area contributed by atoms with Gasteiger partial charge in [0.05, 0.1) is 11.8 Å². The zero-order chi connectivity index (χ0) is 14.2. The summed E-state index contributed by atoms with van der Waals surface area (Å²) in [5.41, 5.74) is 0.0732. The molecule has 2 amide bonds. The smallest absolute Gasteiger partial charge is 0.233 e. The van der Waals surface area contributed by atoms with E-state index in [1.54, 1.807) is 0 Å². The molecule has 1 aliphatic carbocycles. The second-order valence-corrected chi connectivity index (χ2v) is 7.17. The van der Waals surface area contributed by atoms with Crippen molar-refractivity contribution < 1.29 is 9.59 Å². The highest BCUT2D eigenvalue weighted by atomic mass is 16.2. The van der Waals surface area contributed by atoms with E-state index in [2.05, 4.69) is 33.0 Å². The highest BCUT2D eigenvalue weighted by Crippen LogP contribution is 2.39. The number of carbonyl (C=O) groups is 2. The van der Waals surface area contributed by atoms with Crippen molar-refractivity contribution in [2.45, 2.75) is 52.5 Å². The molecule has 1 N–H and O–H groups in total. The van der Waals surface area contributed by atoms with Gasteiger partial charge in [0.15, 0.2) is 0 Å². The molecule has 2 rings (SSSR count). The summed E-state index contributed by atoms with van der Waals surface area (Å²) < 4.78 is 0. The van der Waals surface area contributed by atoms with E-state index in [-0.39, 0.29) is 29.2 Å². The van der Waals surface area contributed by atoms with Gasteiger partial charge in [0, 0.05) is 12.1 Å². The molecule has 1 saturated heterocycles. The Morgan fingerprint density at radius 2 is 1.74 bits per heavy atom. The highest BCUT2D eigenvalue weighted by Gasteiger charge is 2.49. The fraction of sp³-hybridized carbons (Fsp3) is 0.867. The van der Waals surface area contributed by atoms with Crippen LogP contribution < -0.4 is 5.32 Å². The van der Waals surface area contributed by atoms with Gasteiger partial charge in [0.2, 0.25) is 11.8 Å². The van der Waals surface area contributed by atoms with Crippen LogP contribution in [-0.4, -0.2) is 35.3 Å². The predicted molar refractivity (Wildman–Crippen MR) is 74.5 cm³/mol. The molecule has 1 aliphatic heterocycles. The summed E-state index contributed by atoms with van der Waals surface area (Å²) in [4.78, 5) is 26.0. The molecule has 0 aromatic carbocycles. The molecule has 1 saturated carbocycles. The van der Waals surface area contributed by atoms with Crippen LogP contribution in [0.1, 0.15) is 47.0 Å². The van der Waals surface area contributed by atoms with Gasteiger partial charge >= 0.3 is 0 Å². The Labute approximate surface area is 115 Å². The standard InChI is InChI=1S/C15H26N2O2/c1-10(8-16-15(2,3)4)9-17-13(18)11-6-5-7-12(11)14(17)19/h10-12,16H,5-9H2,1-4H3. The van der Waals surface area contributed by atoms with Crippen LogP contribution in [0.15, 0.2) is 0 Å². The second kappa shape index (κ2) is 5.23. The molecule has 0 spiro atoms. The van der Waals surface area contributed by atoms with Gasteiger partial charge in [-0.3, -0.25) is 14.5 Å². The van der Waals surface area contributed by atoms with Crippen molar-refractivity contribution in [3.8, 4) is 0 Å². The van der Waals surface area contributed by atoms with Crippen molar-refractivity contribution in [3.05, 3.63) is 0 Å². The first-order valence-corrected chi connectivity index (χ1v) is 7.40. The fourth-order valence-corrected chi connectivity index (χ4v) is 3.10. The van der Waals surface area contributed by atoms with Crippen molar-refractivity contribution >= 4 is 11.8 Å². The van der Waals surface area contributed by atoms with Crippen LogP contribution in [-0.2, 0) is 9.59 Å². The summed E-state index contributed by atoms with van der Waals surface area (Å²) in [5, 5.41) is 3.43. The molecule has 3 unspecified atom stereocenters. The van der Waals surface area contributed by atoms with Gasteiger partial charge in [0.1, 0.15) is 0 Å². The Morgan fingerprint density at radius 1 is 1.21 bits per heavy atom. The van der Waals surface area contributed by atoms with E-state index >= 15 is 0 Å². The number of fused-ring (bicyclic) bond motifs is 1. The first-order valence-electron chi connectivity index (χ1n) is 7.40. The predicted octanol–water partition coefficient (Wildman–Crippen LogP) is 1.80. The number of hydrogen-bond acceptors (Lipinski definition) is 3. The largest absolute Gasteiger partial charge is 0.312 e. The third-order valence-corrected chi connectivity index (χ3v) is 4.16. The summed E-state index contributed by atoms with van der Waals surface area (Å²) in [5.74, 6) is 0.446. The quantitative estimate of drug-likeness (QED) is 0.789. The summed E-state index contributed by atoms with van der Waals surface area (Å²) >= 11 is 0. The van der Waals surface area contributed by atoms with E-state index in [0.717, 1.165) is 25.8 Å². The minimum atomic E-state index is -0.00437. The fourth-order valence-electron chi connectivity index (χ4n) is 3.10. The third-order valence-electron chi connectivity index (χ3n) is 4.16. The normalized spacial score (nSPS) is 28.9. The minimum absolute atomic E-state index is 0.00437. The summed E-state index contributed by atoms with van der Waals surface area (Å²) in [7, 11) is 0. The second-order valence-electron chi connectivity index (χ2n) is 7.17. The highest BCUT2D eigenvalue weighted by molar-refractivity contribution is 6.05. The Balaban J connectivity index is 1.89. The van der Waals surface area contributed by atoms with E-state index in [1.165, 1.54) is 4.90 Å². The van der Waals surface area contributed by atoms with E-state index in [9.17, 15) is 9.59 Å². The van der Waals surface area contributed by atoms with Crippen LogP contribution in [0.25, 0.3) is 0 Å². The molecule has 0 radical (unpaired) electrons. The lowest BCUT2D eigenvalue weighted by molar-refractivity contribution is -0.140. The lowest BCUT2D eigenvalue weighted by Gasteiger charge is -2.26. The van der Waals surface area contributed by atoms with E-state index in [1.807, 2.05) is 0 Å². The Morgan fingerprint density at radius 3 is 2.21 bits per heavy atom. The van der Waals surface area contributed by atoms with Crippen molar-refractivity contribution in [2.24, 2.45) is 17.8 Å². The molecule has 2 fully saturated rings. The lowest BCUT2D eigenvalue weighted by atomic mass is 10.00. The topological polar surface area (TPSA) is 49.4 Å². The van der Waals surface area contributed by atoms with E-state index < -0.39 is 0 Å². The maximum atomic E-state index is 12.2. The summed E-state index contributed by atoms with van der Waals surface area (Å²) in [6.45, 7) is 9.85. The van der Waals surface area contributed by atoms with Crippen LogP contribution in [0.2, 0.25) is 0 Å². The number of nitrogens with zero attached hydrogens (tertiary/aromatic N) is 1. The minimum Gasteiger partial charge on any atom is -0.312 e. The van der Waals surface area contributed by atoms with Crippen molar-refractivity contribution in [1.82, 2.24) is 10.2 Å². The Hall–Kier alpha value is -0.900. The first kappa shape index (κ1) is 14.5. The number of imide groups is 1. The van der Waals surface area contributed by atoms with E-state index in [4.69, 9.17) is 0 Å². The number of amides is 2. The Bertz CT molecular complexity index is 351. The van der Waals surface area contributed by atoms with Crippen LogP contribution in [0.4, 0.5) is 0 Å². The van der Waals surface area contributed by atoms with Crippen molar-refractivity contribution in [2.75, 3.05) is 13.1 Å². The van der Waals surface area contributed by atoms with Crippen LogP contribution in [0.5, 0.6) is 0 Å². The molecule has 4 nitrogen and oxygen atoms in total.